The molecule has 0 amide bonds. The van der Waals surface area contributed by atoms with Crippen molar-refractivity contribution < 1.29 is 23.1 Å². The lowest BCUT2D eigenvalue weighted by Gasteiger charge is -2.25. The van der Waals surface area contributed by atoms with Gasteiger partial charge in [0, 0.05) is 0 Å². The highest BCUT2D eigenvalue weighted by molar-refractivity contribution is 7.55. The van der Waals surface area contributed by atoms with Crippen LogP contribution >= 0.6 is 7.60 Å². The Morgan fingerprint density at radius 1 is 0.960 bits per heavy atom. The summed E-state index contributed by atoms with van der Waals surface area (Å²) in [5.74, 6) is -0.555. The van der Waals surface area contributed by atoms with E-state index in [4.69, 9.17) is 13.8 Å². The van der Waals surface area contributed by atoms with Crippen molar-refractivity contribution in [3.8, 4) is 0 Å². The normalized spacial score (nSPS) is 12.9. The molecular formula is C19H25O5P. The van der Waals surface area contributed by atoms with Gasteiger partial charge in [-0.2, -0.15) is 0 Å². The Morgan fingerprint density at radius 3 is 2.24 bits per heavy atom. The van der Waals surface area contributed by atoms with E-state index in [1.165, 1.54) is 0 Å². The van der Waals surface area contributed by atoms with E-state index in [2.05, 4.69) is 0 Å². The minimum absolute atomic E-state index is 0.197. The molecule has 0 unspecified atom stereocenters. The van der Waals surface area contributed by atoms with Gasteiger partial charge in [-0.15, -0.1) is 0 Å². The van der Waals surface area contributed by atoms with E-state index >= 15 is 0 Å². The molecule has 0 saturated carbocycles. The number of rotatable bonds is 9. The minimum atomic E-state index is -3.63. The summed E-state index contributed by atoms with van der Waals surface area (Å²) in [7, 11) is -3.63. The number of fused-ring (bicyclic) bond motifs is 1. The molecule has 0 bridgehead atoms. The average molecular weight is 364 g/mol. The molecule has 0 N–H and O–H groups in total. The van der Waals surface area contributed by atoms with Gasteiger partial charge in [-0.25, -0.2) is 0 Å². The maximum absolute atomic E-state index is 13.2. The van der Waals surface area contributed by atoms with Gasteiger partial charge in [-0.05, 0) is 43.5 Å². The van der Waals surface area contributed by atoms with Crippen LogP contribution in [-0.2, 0) is 29.6 Å². The van der Waals surface area contributed by atoms with Crippen molar-refractivity contribution in [1.82, 2.24) is 0 Å². The second kappa shape index (κ2) is 9.14. The van der Waals surface area contributed by atoms with E-state index in [1.54, 1.807) is 20.8 Å². The summed E-state index contributed by atoms with van der Waals surface area (Å²) >= 11 is 0. The second-order valence-electron chi connectivity index (χ2n) is 5.49. The van der Waals surface area contributed by atoms with Crippen LogP contribution in [0.25, 0.3) is 10.8 Å². The Morgan fingerprint density at radius 2 is 1.60 bits per heavy atom. The summed E-state index contributed by atoms with van der Waals surface area (Å²) < 4.78 is 29.2. The largest absolute Gasteiger partial charge is 0.465 e. The Labute approximate surface area is 148 Å². The standard InChI is InChI=1S/C19H25O5P/c1-4-22-19(20)18(25(21,23-5-2)24-6-3)14-16-12-9-11-15-10-7-8-13-17(15)16/h7-13,18H,4-6,14H2,1-3H3/t18-/m0/s1. The Balaban J connectivity index is 2.44. The van der Waals surface area contributed by atoms with E-state index < -0.39 is 19.2 Å². The quantitative estimate of drug-likeness (QED) is 0.481. The first-order chi connectivity index (χ1) is 12.1. The molecule has 0 aliphatic rings. The van der Waals surface area contributed by atoms with Gasteiger partial charge in [-0.1, -0.05) is 42.5 Å². The van der Waals surface area contributed by atoms with Crippen LogP contribution in [-0.4, -0.2) is 31.4 Å². The molecule has 0 spiro atoms. The summed E-state index contributed by atoms with van der Waals surface area (Å²) in [5, 5.41) is 2.07. The molecule has 1 atom stereocenters. The van der Waals surface area contributed by atoms with Gasteiger partial charge in [0.2, 0.25) is 0 Å². The molecule has 0 aromatic heterocycles. The van der Waals surface area contributed by atoms with Crippen molar-refractivity contribution in [2.45, 2.75) is 32.9 Å². The van der Waals surface area contributed by atoms with Crippen molar-refractivity contribution >= 4 is 24.3 Å². The molecule has 2 aromatic rings. The third kappa shape index (κ3) is 4.69. The fourth-order valence-corrected chi connectivity index (χ4v) is 4.73. The van der Waals surface area contributed by atoms with Crippen LogP contribution in [0.3, 0.4) is 0 Å². The lowest BCUT2D eigenvalue weighted by Crippen LogP contribution is -2.28. The first kappa shape index (κ1) is 19.6. The zero-order valence-electron chi connectivity index (χ0n) is 14.9. The predicted octanol–water partition coefficient (Wildman–Crippen LogP) is 4.58. The number of carbonyl (C=O) groups excluding carboxylic acids is 1. The van der Waals surface area contributed by atoms with Crippen LogP contribution in [0.4, 0.5) is 0 Å². The summed E-state index contributed by atoms with van der Waals surface area (Å²) in [5.41, 5.74) is -0.0751. The topological polar surface area (TPSA) is 61.8 Å². The van der Waals surface area contributed by atoms with Crippen LogP contribution in [0, 0.1) is 0 Å². The van der Waals surface area contributed by atoms with Crippen LogP contribution in [0.15, 0.2) is 42.5 Å². The van der Waals surface area contributed by atoms with E-state index in [1.807, 2.05) is 42.5 Å². The van der Waals surface area contributed by atoms with Crippen LogP contribution in [0.5, 0.6) is 0 Å². The Hall–Kier alpha value is -1.68. The highest BCUT2D eigenvalue weighted by Crippen LogP contribution is 2.54. The van der Waals surface area contributed by atoms with Gasteiger partial charge in [0.1, 0.15) is 0 Å². The number of esters is 1. The van der Waals surface area contributed by atoms with Crippen LogP contribution in [0.2, 0.25) is 0 Å². The maximum Gasteiger partial charge on any atom is 0.345 e. The van der Waals surface area contributed by atoms with Gasteiger partial charge in [0.05, 0.1) is 19.8 Å². The highest BCUT2D eigenvalue weighted by Gasteiger charge is 2.42. The Bertz CT molecular complexity index is 743. The number of hydrogen-bond donors (Lipinski definition) is 0. The van der Waals surface area contributed by atoms with E-state index in [0.717, 1.165) is 16.3 Å². The summed E-state index contributed by atoms with van der Waals surface area (Å²) in [6, 6.07) is 13.7. The van der Waals surface area contributed by atoms with Gasteiger partial charge >= 0.3 is 13.6 Å². The smallest absolute Gasteiger partial charge is 0.345 e. The fraction of sp³-hybridized carbons (Fsp3) is 0.421. The Kier molecular flexibility index (Phi) is 7.18. The average Bonchev–Trinajstić information content (AvgIpc) is 2.60. The third-order valence-electron chi connectivity index (χ3n) is 3.85. The van der Waals surface area contributed by atoms with Gasteiger partial charge in [-0.3, -0.25) is 9.36 Å². The second-order valence-corrected chi connectivity index (χ2v) is 7.71. The zero-order valence-corrected chi connectivity index (χ0v) is 15.8. The molecule has 136 valence electrons. The van der Waals surface area contributed by atoms with E-state index in [-0.39, 0.29) is 26.2 Å². The molecule has 2 rings (SSSR count). The number of hydrogen-bond acceptors (Lipinski definition) is 5. The van der Waals surface area contributed by atoms with Crippen molar-refractivity contribution in [3.63, 3.8) is 0 Å². The van der Waals surface area contributed by atoms with Gasteiger partial charge in [0.15, 0.2) is 5.66 Å². The molecule has 0 heterocycles. The molecule has 0 aliphatic carbocycles. The minimum Gasteiger partial charge on any atom is -0.465 e. The molecule has 0 saturated heterocycles. The first-order valence-corrected chi connectivity index (χ1v) is 10.2. The summed E-state index contributed by atoms with van der Waals surface area (Å²) in [4.78, 5) is 12.5. The SMILES string of the molecule is CCOC(=O)[C@H](Cc1cccc2ccccc12)P(=O)(OCC)OCC. The summed E-state index contributed by atoms with van der Waals surface area (Å²) in [6.45, 7) is 5.78. The monoisotopic (exact) mass is 364 g/mol. The molecule has 0 radical (unpaired) electrons. The molecule has 0 fully saturated rings. The highest BCUT2D eigenvalue weighted by atomic mass is 31.2. The molecule has 6 heteroatoms. The molecular weight excluding hydrogens is 339 g/mol. The van der Waals surface area contributed by atoms with E-state index in [9.17, 15) is 9.36 Å². The number of carbonyl (C=O) groups is 1. The molecule has 2 aromatic carbocycles. The van der Waals surface area contributed by atoms with Gasteiger partial charge in [0.25, 0.3) is 0 Å². The van der Waals surface area contributed by atoms with Crippen LogP contribution in [0.1, 0.15) is 26.3 Å². The van der Waals surface area contributed by atoms with E-state index in [0.29, 0.717) is 0 Å². The van der Waals surface area contributed by atoms with Gasteiger partial charge < -0.3 is 13.8 Å². The van der Waals surface area contributed by atoms with Crippen molar-refractivity contribution in [1.29, 1.82) is 0 Å². The third-order valence-corrected chi connectivity index (χ3v) is 6.24. The molecule has 0 aliphatic heterocycles. The first-order valence-electron chi connectivity index (χ1n) is 8.57. The van der Waals surface area contributed by atoms with Crippen molar-refractivity contribution in [2.24, 2.45) is 0 Å². The fourth-order valence-electron chi connectivity index (χ4n) is 2.82. The summed E-state index contributed by atoms with van der Waals surface area (Å²) in [6.07, 6.45) is 0.234. The predicted molar refractivity (Wildman–Crippen MR) is 98.9 cm³/mol. The molecule has 5 nitrogen and oxygen atoms in total. The van der Waals surface area contributed by atoms with Crippen molar-refractivity contribution in [3.05, 3.63) is 48.0 Å². The number of benzene rings is 2. The number of ether oxygens (including phenoxy) is 1. The maximum atomic E-state index is 13.2. The zero-order chi connectivity index (χ0) is 18.3. The lowest BCUT2D eigenvalue weighted by molar-refractivity contribution is -0.143. The van der Waals surface area contributed by atoms with Crippen molar-refractivity contribution in [2.75, 3.05) is 19.8 Å². The van der Waals surface area contributed by atoms with Crippen LogP contribution < -0.4 is 0 Å². The lowest BCUT2D eigenvalue weighted by atomic mass is 10.0. The molecule has 25 heavy (non-hydrogen) atoms.